The third-order valence-corrected chi connectivity index (χ3v) is 17.3. The van der Waals surface area contributed by atoms with Crippen molar-refractivity contribution >= 4 is 40.0 Å². The number of hydrogen-bond acceptors (Lipinski definition) is 17. The van der Waals surface area contributed by atoms with Crippen LogP contribution in [0.15, 0.2) is 47.5 Å². The number of carbonyl (C=O) groups is 4. The van der Waals surface area contributed by atoms with E-state index in [0.717, 1.165) is 124 Å². The Morgan fingerprint density at radius 3 is 2.47 bits per heavy atom. The van der Waals surface area contributed by atoms with Gasteiger partial charge >= 0.3 is 0 Å². The van der Waals surface area contributed by atoms with Crippen molar-refractivity contribution in [2.45, 2.75) is 101 Å². The van der Waals surface area contributed by atoms with E-state index in [1.807, 2.05) is 17.0 Å². The normalized spacial score (nSPS) is 23.0. The number of thiophene rings is 1. The summed E-state index contributed by atoms with van der Waals surface area (Å²) >= 11 is 1.51. The SMILES string of the molecule is N#Cc1c(N)sc2c1[C@@]1(CCC2)CCCc2c(-c3nc(OCC4(CN5CCN(C(=O)CN6CCC(c7ccc8c(c7)CN(C7CCC(=O)NC7=O)C8=O)CC6)CC5)CC4)cc(Oc4cncnc4)n3)noc21. The molecule has 1 saturated carbocycles. The van der Waals surface area contributed by atoms with Crippen LogP contribution >= 0.6 is 11.3 Å². The smallest absolute Gasteiger partial charge is 0.255 e. The number of nitrogens with zero attached hydrogens (tertiary/aromatic N) is 10. The second kappa shape index (κ2) is 18.7. The molecule has 12 rings (SSSR count). The number of aryl methyl sites for hydroxylation is 1. The Morgan fingerprint density at radius 1 is 0.931 bits per heavy atom. The monoisotopic (exact) mass is 992 g/mol. The lowest BCUT2D eigenvalue weighted by atomic mass is 9.63. The molecule has 3 N–H and O–H groups in total. The van der Waals surface area contributed by atoms with Crippen LogP contribution in [0.4, 0.5) is 5.00 Å². The number of nitrogens with two attached hydrogens (primary N) is 1. The number of aromatic nitrogens is 5. The topological polar surface area (TPSA) is 239 Å². The largest absolute Gasteiger partial charge is 0.477 e. The van der Waals surface area contributed by atoms with Gasteiger partial charge < -0.3 is 29.5 Å². The van der Waals surface area contributed by atoms with Crippen LogP contribution in [0.25, 0.3) is 11.5 Å². The summed E-state index contributed by atoms with van der Waals surface area (Å²) in [5.74, 6) is 1.77. The number of amides is 4. The van der Waals surface area contributed by atoms with Crippen LogP contribution in [0, 0.1) is 16.7 Å². The molecule has 5 aromatic rings. The predicted octanol–water partition coefficient (Wildman–Crippen LogP) is 5.13. The molecule has 1 unspecified atom stereocenters. The van der Waals surface area contributed by atoms with Gasteiger partial charge in [-0.05, 0) is 112 Å². The number of fused-ring (bicyclic) bond motifs is 5. The van der Waals surface area contributed by atoms with E-state index in [1.165, 1.54) is 23.2 Å². The van der Waals surface area contributed by atoms with Crippen molar-refractivity contribution in [2.24, 2.45) is 5.41 Å². The van der Waals surface area contributed by atoms with Gasteiger partial charge in [0.05, 0.1) is 42.6 Å². The minimum atomic E-state index is -0.627. The average Bonchev–Trinajstić information content (AvgIpc) is 3.67. The van der Waals surface area contributed by atoms with E-state index in [9.17, 15) is 24.4 Å². The molecule has 3 aliphatic carbocycles. The lowest BCUT2D eigenvalue weighted by Gasteiger charge is -2.39. The minimum Gasteiger partial charge on any atom is -0.477 e. The number of nitrogens with one attached hydrogen (secondary N) is 1. The molecule has 3 saturated heterocycles. The van der Waals surface area contributed by atoms with Crippen molar-refractivity contribution in [2.75, 3.05) is 64.7 Å². The zero-order valence-electron chi connectivity index (χ0n) is 40.1. The van der Waals surface area contributed by atoms with Gasteiger partial charge in [-0.3, -0.25) is 34.3 Å². The number of piperazine rings is 1. The van der Waals surface area contributed by atoms with Gasteiger partial charge in [0, 0.05) is 67.1 Å². The summed E-state index contributed by atoms with van der Waals surface area (Å²) in [7, 11) is 0. The van der Waals surface area contributed by atoms with Crippen LogP contribution in [-0.2, 0) is 39.2 Å². The third-order valence-electron chi connectivity index (χ3n) is 16.2. The Hall–Kier alpha value is -6.82. The van der Waals surface area contributed by atoms with Crippen molar-refractivity contribution < 1.29 is 33.2 Å². The number of hydrogen-bond donors (Lipinski definition) is 2. The van der Waals surface area contributed by atoms with Crippen LogP contribution in [0.2, 0.25) is 0 Å². The number of rotatable bonds is 12. The van der Waals surface area contributed by atoms with Crippen LogP contribution < -0.4 is 20.5 Å². The number of piperidine rings is 2. The van der Waals surface area contributed by atoms with E-state index < -0.39 is 17.4 Å². The van der Waals surface area contributed by atoms with Gasteiger partial charge in [-0.2, -0.15) is 15.2 Å². The predicted molar refractivity (Wildman–Crippen MR) is 261 cm³/mol. The molecule has 4 fully saturated rings. The van der Waals surface area contributed by atoms with Crippen molar-refractivity contribution in [1.82, 2.24) is 50.0 Å². The lowest BCUT2D eigenvalue weighted by Crippen LogP contribution is -2.53. The highest BCUT2D eigenvalue weighted by atomic mass is 32.1. The highest BCUT2D eigenvalue weighted by Gasteiger charge is 2.50. The molecular formula is C52H56N12O7S. The van der Waals surface area contributed by atoms with E-state index >= 15 is 0 Å². The van der Waals surface area contributed by atoms with Gasteiger partial charge in [-0.25, -0.2) is 9.97 Å². The van der Waals surface area contributed by atoms with Crippen molar-refractivity contribution in [1.29, 1.82) is 5.26 Å². The molecule has 8 heterocycles. The van der Waals surface area contributed by atoms with Crippen molar-refractivity contribution in [3.05, 3.63) is 87.0 Å². The van der Waals surface area contributed by atoms with Gasteiger partial charge in [0.15, 0.2) is 23.0 Å². The summed E-state index contributed by atoms with van der Waals surface area (Å²) in [6.45, 7) is 6.65. The van der Waals surface area contributed by atoms with Gasteiger partial charge in [-0.15, -0.1) is 11.3 Å². The molecule has 1 spiro atoms. The fraction of sp³-hybridized carbons (Fsp3) is 0.500. The Morgan fingerprint density at radius 2 is 1.71 bits per heavy atom. The first-order chi connectivity index (χ1) is 35.0. The zero-order chi connectivity index (χ0) is 49.1. The number of nitriles is 1. The first kappa shape index (κ1) is 46.3. The maximum atomic E-state index is 13.6. The fourth-order valence-corrected chi connectivity index (χ4v) is 13.4. The van der Waals surface area contributed by atoms with Crippen LogP contribution in [0.3, 0.4) is 0 Å². The average molecular weight is 993 g/mol. The first-order valence-electron chi connectivity index (χ1n) is 25.3. The van der Waals surface area contributed by atoms with E-state index in [1.54, 1.807) is 23.4 Å². The van der Waals surface area contributed by atoms with Crippen LogP contribution in [0.1, 0.15) is 119 Å². The van der Waals surface area contributed by atoms with E-state index in [0.29, 0.717) is 84.4 Å². The molecule has 7 aliphatic rings. The third kappa shape index (κ3) is 8.64. The summed E-state index contributed by atoms with van der Waals surface area (Å²) in [6, 6.07) is 9.49. The molecule has 1 aromatic carbocycles. The summed E-state index contributed by atoms with van der Waals surface area (Å²) in [6.07, 6.45) is 14.2. The standard InChI is InChI=1S/C52H56N12O7S/c53-23-37-44-39(72-47(37)54)4-2-12-52(44)11-1-3-36-45(60-71-46(36)52)48-58-41(22-42(59-48)70-34-24-55-30-56-25-34)69-29-51(13-14-51)28-62-17-19-63(20-18-62)43(66)27-61-15-9-31(10-16-61)32-5-6-35-33(21-32)26-64(50(35)68)38-7-8-40(65)57-49(38)67/h5-6,21-22,24-25,30-31,38H,1-4,7-20,26-29,54H2,(H,57,65,67)/t38?,52-/m0/s1. The molecule has 4 amide bonds. The Balaban J connectivity index is 0.656. The summed E-state index contributed by atoms with van der Waals surface area (Å²) < 4.78 is 19.0. The molecule has 372 valence electrons. The highest BCUT2D eigenvalue weighted by Crippen LogP contribution is 2.55. The molecule has 0 bridgehead atoms. The number of nitrogen functional groups attached to an aromatic ring is 1. The molecule has 4 aromatic heterocycles. The van der Waals surface area contributed by atoms with Crippen molar-refractivity contribution in [3.63, 3.8) is 0 Å². The van der Waals surface area contributed by atoms with Gasteiger partial charge in [0.1, 0.15) is 23.4 Å². The molecule has 2 atom stereocenters. The maximum Gasteiger partial charge on any atom is 0.255 e. The number of anilines is 1. The minimum absolute atomic E-state index is 0.0455. The molecular weight excluding hydrogens is 937 g/mol. The molecule has 4 aliphatic heterocycles. The molecule has 20 heteroatoms. The molecule has 0 radical (unpaired) electrons. The van der Waals surface area contributed by atoms with E-state index in [2.05, 4.69) is 42.4 Å². The first-order valence-corrected chi connectivity index (χ1v) is 26.1. The Labute approximate surface area is 420 Å². The quantitative estimate of drug-likeness (QED) is 0.154. The van der Waals surface area contributed by atoms with Gasteiger partial charge in [0.2, 0.25) is 29.5 Å². The highest BCUT2D eigenvalue weighted by molar-refractivity contribution is 7.16. The summed E-state index contributed by atoms with van der Waals surface area (Å²) in [5, 5.41) is 17.8. The number of ether oxygens (including phenoxy) is 2. The molecule has 19 nitrogen and oxygen atoms in total. The summed E-state index contributed by atoms with van der Waals surface area (Å²) in [4.78, 5) is 78.5. The summed E-state index contributed by atoms with van der Waals surface area (Å²) in [5.41, 5.74) is 11.6. The molecule has 72 heavy (non-hydrogen) atoms. The van der Waals surface area contributed by atoms with Gasteiger partial charge in [0.25, 0.3) is 5.91 Å². The number of carbonyl (C=O) groups excluding carboxylic acids is 4. The second-order valence-corrected chi connectivity index (χ2v) is 21.9. The number of imide groups is 1. The lowest BCUT2D eigenvalue weighted by molar-refractivity contribution is -0.137. The zero-order valence-corrected chi connectivity index (χ0v) is 40.9. The Kier molecular flexibility index (Phi) is 12.0. The van der Waals surface area contributed by atoms with Crippen molar-refractivity contribution in [3.8, 4) is 35.1 Å². The fourth-order valence-electron chi connectivity index (χ4n) is 12.3. The number of benzene rings is 1. The van der Waals surface area contributed by atoms with Gasteiger partial charge in [-0.1, -0.05) is 17.3 Å². The van der Waals surface area contributed by atoms with Crippen LogP contribution in [-0.4, -0.2) is 133 Å². The van der Waals surface area contributed by atoms with E-state index in [-0.39, 0.29) is 35.4 Å². The maximum absolute atomic E-state index is 13.6. The number of likely N-dealkylation sites (tertiary alicyclic amines) is 1. The Bertz CT molecular complexity index is 3000. The second-order valence-electron chi connectivity index (χ2n) is 20.7. The van der Waals surface area contributed by atoms with E-state index in [4.69, 9.17) is 29.7 Å². The van der Waals surface area contributed by atoms with Crippen LogP contribution in [0.5, 0.6) is 17.5 Å².